The summed E-state index contributed by atoms with van der Waals surface area (Å²) in [4.78, 5) is 24.6. The highest BCUT2D eigenvalue weighted by molar-refractivity contribution is 6.01. The first-order valence-corrected chi connectivity index (χ1v) is 8.59. The van der Waals surface area contributed by atoms with Crippen LogP contribution in [0.25, 0.3) is 0 Å². The summed E-state index contributed by atoms with van der Waals surface area (Å²) in [7, 11) is 2.97. The van der Waals surface area contributed by atoms with Crippen LogP contribution in [0, 0.1) is 5.92 Å². The minimum absolute atomic E-state index is 0.294. The molecule has 0 fully saturated rings. The minimum atomic E-state index is -0.583. The van der Waals surface area contributed by atoms with Crippen LogP contribution in [0.1, 0.15) is 34.6 Å². The Bertz CT molecular complexity index is 780. The highest BCUT2D eigenvalue weighted by Crippen LogP contribution is 2.24. The van der Waals surface area contributed by atoms with Crippen molar-refractivity contribution in [1.82, 2.24) is 0 Å². The first-order valence-electron chi connectivity index (χ1n) is 8.59. The molecule has 2 aromatic carbocycles. The van der Waals surface area contributed by atoms with Gasteiger partial charge in [0.25, 0.3) is 0 Å². The Kier molecular flexibility index (Phi) is 7.23. The molecular formula is C21H24O6. The number of hydrogen-bond acceptors (Lipinski definition) is 6. The molecule has 0 unspecified atom stereocenters. The molecule has 0 heterocycles. The summed E-state index contributed by atoms with van der Waals surface area (Å²) >= 11 is 0. The Morgan fingerprint density at radius 2 is 1.59 bits per heavy atom. The highest BCUT2D eigenvalue weighted by Gasteiger charge is 2.16. The summed E-state index contributed by atoms with van der Waals surface area (Å²) in [5.41, 5.74) is 0.638. The smallest absolute Gasteiger partial charge is 0.338 e. The quantitative estimate of drug-likeness (QED) is 0.493. The molecule has 0 aliphatic carbocycles. The van der Waals surface area contributed by atoms with Gasteiger partial charge >= 0.3 is 5.97 Å². The van der Waals surface area contributed by atoms with Crippen LogP contribution in [-0.2, 0) is 4.74 Å². The van der Waals surface area contributed by atoms with Crippen molar-refractivity contribution >= 4 is 11.8 Å². The summed E-state index contributed by atoms with van der Waals surface area (Å²) in [6.07, 6.45) is 0. The van der Waals surface area contributed by atoms with Crippen molar-refractivity contribution in [3.8, 4) is 17.2 Å². The van der Waals surface area contributed by atoms with E-state index < -0.39 is 12.6 Å². The van der Waals surface area contributed by atoms with E-state index >= 15 is 0 Å². The lowest BCUT2D eigenvalue weighted by Gasteiger charge is -2.11. The molecular weight excluding hydrogens is 348 g/mol. The van der Waals surface area contributed by atoms with Crippen LogP contribution >= 0.6 is 0 Å². The second-order valence-corrected chi connectivity index (χ2v) is 6.29. The predicted molar refractivity (Wildman–Crippen MR) is 101 cm³/mol. The fourth-order valence-electron chi connectivity index (χ4n) is 2.27. The van der Waals surface area contributed by atoms with Gasteiger partial charge in [0.2, 0.25) is 5.78 Å². The van der Waals surface area contributed by atoms with E-state index in [1.165, 1.54) is 14.2 Å². The van der Waals surface area contributed by atoms with Crippen LogP contribution in [0.5, 0.6) is 17.2 Å². The third-order valence-electron chi connectivity index (χ3n) is 3.71. The number of methoxy groups -OCH3 is 2. The third kappa shape index (κ3) is 5.74. The topological polar surface area (TPSA) is 71.1 Å². The number of benzene rings is 2. The maximum absolute atomic E-state index is 12.4. The summed E-state index contributed by atoms with van der Waals surface area (Å²) in [5.74, 6) is 1.04. The zero-order valence-corrected chi connectivity index (χ0v) is 16.0. The zero-order chi connectivity index (χ0) is 19.8. The van der Waals surface area contributed by atoms with Crippen molar-refractivity contribution in [1.29, 1.82) is 0 Å². The van der Waals surface area contributed by atoms with E-state index in [4.69, 9.17) is 18.9 Å². The lowest BCUT2D eigenvalue weighted by molar-refractivity contribution is 0.0474. The molecule has 0 aliphatic heterocycles. The predicted octanol–water partition coefficient (Wildman–Crippen LogP) is 3.78. The number of ketones is 1. The second-order valence-electron chi connectivity index (χ2n) is 6.29. The first kappa shape index (κ1) is 20.3. The van der Waals surface area contributed by atoms with Gasteiger partial charge in [0.05, 0.1) is 32.0 Å². The number of esters is 1. The maximum Gasteiger partial charge on any atom is 0.338 e. The molecule has 0 radical (unpaired) electrons. The standard InChI is InChI=1S/C21H24O6/c1-14(2)12-26-16-7-5-15(6-8-16)21(23)27-13-19(22)18-11-17(24-3)9-10-20(18)25-4/h5-11,14H,12-13H2,1-4H3. The molecule has 27 heavy (non-hydrogen) atoms. The van der Waals surface area contributed by atoms with Gasteiger partial charge in [-0.3, -0.25) is 4.79 Å². The molecule has 0 aromatic heterocycles. The number of hydrogen-bond donors (Lipinski definition) is 0. The van der Waals surface area contributed by atoms with Crippen LogP contribution in [0.4, 0.5) is 0 Å². The van der Waals surface area contributed by atoms with Gasteiger partial charge < -0.3 is 18.9 Å². The Labute approximate surface area is 159 Å². The van der Waals surface area contributed by atoms with E-state index in [0.717, 1.165) is 0 Å². The van der Waals surface area contributed by atoms with Gasteiger partial charge in [0.15, 0.2) is 6.61 Å². The molecule has 0 spiro atoms. The van der Waals surface area contributed by atoms with Crippen LogP contribution in [0.3, 0.4) is 0 Å². The largest absolute Gasteiger partial charge is 0.497 e. The Morgan fingerprint density at radius 1 is 0.926 bits per heavy atom. The molecule has 0 N–H and O–H groups in total. The van der Waals surface area contributed by atoms with Gasteiger partial charge in [-0.2, -0.15) is 0 Å². The van der Waals surface area contributed by atoms with Crippen molar-refractivity contribution < 1.29 is 28.5 Å². The Hall–Kier alpha value is -3.02. The summed E-state index contributed by atoms with van der Waals surface area (Å²) in [6, 6.07) is 11.5. The van der Waals surface area contributed by atoms with E-state index in [2.05, 4.69) is 13.8 Å². The number of rotatable bonds is 9. The van der Waals surface area contributed by atoms with Gasteiger partial charge in [-0.25, -0.2) is 4.79 Å². The van der Waals surface area contributed by atoms with Gasteiger partial charge in [0, 0.05) is 0 Å². The lowest BCUT2D eigenvalue weighted by Crippen LogP contribution is -2.15. The summed E-state index contributed by atoms with van der Waals surface area (Å²) in [5, 5.41) is 0. The van der Waals surface area contributed by atoms with E-state index in [1.807, 2.05) is 0 Å². The molecule has 0 aliphatic rings. The van der Waals surface area contributed by atoms with Crippen LogP contribution < -0.4 is 14.2 Å². The molecule has 6 nitrogen and oxygen atoms in total. The van der Waals surface area contributed by atoms with Gasteiger partial charge in [0.1, 0.15) is 17.2 Å². The average Bonchev–Trinajstić information content (AvgIpc) is 2.69. The average molecular weight is 372 g/mol. The third-order valence-corrected chi connectivity index (χ3v) is 3.71. The number of Topliss-reactive ketones (excluding diaryl/α,β-unsaturated/α-hetero) is 1. The molecule has 6 heteroatoms. The van der Waals surface area contributed by atoms with Gasteiger partial charge in [-0.15, -0.1) is 0 Å². The highest BCUT2D eigenvalue weighted by atomic mass is 16.5. The fraction of sp³-hybridized carbons (Fsp3) is 0.333. The number of carbonyl (C=O) groups excluding carboxylic acids is 2. The number of ether oxygens (including phenoxy) is 4. The summed E-state index contributed by atoms with van der Waals surface area (Å²) in [6.45, 7) is 4.31. The Morgan fingerprint density at radius 3 is 2.19 bits per heavy atom. The SMILES string of the molecule is COc1ccc(OC)c(C(=O)COC(=O)c2ccc(OCC(C)C)cc2)c1. The first-order chi connectivity index (χ1) is 12.9. The van der Waals surface area contributed by atoms with E-state index in [0.29, 0.717) is 40.9 Å². The molecule has 0 saturated carbocycles. The van der Waals surface area contributed by atoms with Crippen LogP contribution in [0.15, 0.2) is 42.5 Å². The van der Waals surface area contributed by atoms with Gasteiger partial charge in [-0.1, -0.05) is 13.8 Å². The second kappa shape index (κ2) is 9.62. The Balaban J connectivity index is 1.98. The van der Waals surface area contributed by atoms with Crippen molar-refractivity contribution in [3.05, 3.63) is 53.6 Å². The van der Waals surface area contributed by atoms with Gasteiger partial charge in [-0.05, 0) is 48.4 Å². The number of carbonyl (C=O) groups is 2. The van der Waals surface area contributed by atoms with E-state index in [9.17, 15) is 9.59 Å². The van der Waals surface area contributed by atoms with Crippen molar-refractivity contribution in [2.45, 2.75) is 13.8 Å². The summed E-state index contributed by atoms with van der Waals surface area (Å²) < 4.78 is 21.0. The molecule has 0 atom stereocenters. The van der Waals surface area contributed by atoms with Crippen molar-refractivity contribution in [3.63, 3.8) is 0 Å². The molecule has 2 aromatic rings. The molecule has 0 saturated heterocycles. The molecule has 0 bridgehead atoms. The van der Waals surface area contributed by atoms with E-state index in [1.54, 1.807) is 42.5 Å². The molecule has 0 amide bonds. The van der Waals surface area contributed by atoms with Crippen LogP contribution in [-0.4, -0.2) is 39.2 Å². The lowest BCUT2D eigenvalue weighted by atomic mass is 10.1. The van der Waals surface area contributed by atoms with E-state index in [-0.39, 0.29) is 5.78 Å². The zero-order valence-electron chi connectivity index (χ0n) is 16.0. The maximum atomic E-state index is 12.4. The van der Waals surface area contributed by atoms with Crippen molar-refractivity contribution in [2.24, 2.45) is 5.92 Å². The fourth-order valence-corrected chi connectivity index (χ4v) is 2.27. The normalized spacial score (nSPS) is 10.4. The van der Waals surface area contributed by atoms with Crippen LogP contribution in [0.2, 0.25) is 0 Å². The molecule has 144 valence electrons. The molecule has 2 rings (SSSR count). The minimum Gasteiger partial charge on any atom is -0.497 e. The monoisotopic (exact) mass is 372 g/mol. The van der Waals surface area contributed by atoms with Crippen molar-refractivity contribution in [2.75, 3.05) is 27.4 Å².